The first-order valence-electron chi connectivity index (χ1n) is 5.16. The Kier molecular flexibility index (Phi) is 5.71. The summed E-state index contributed by atoms with van der Waals surface area (Å²) in [5.41, 5.74) is 0. The molecular formula is C10H17NO2S2. The summed E-state index contributed by atoms with van der Waals surface area (Å²) in [5.74, 6) is 1.90. The molecule has 0 aromatic rings. The first-order chi connectivity index (χ1) is 7.19. The number of hydrogen-bond donors (Lipinski definition) is 1. The summed E-state index contributed by atoms with van der Waals surface area (Å²) in [6, 6.07) is -0.0880. The minimum absolute atomic E-state index is 0.0730. The van der Waals surface area contributed by atoms with Gasteiger partial charge in [0.05, 0.1) is 6.04 Å². The molecule has 1 saturated heterocycles. The lowest BCUT2D eigenvalue weighted by molar-refractivity contribution is -0.127. The number of carbonyl (C=O) groups excluding carboxylic acids is 2. The largest absolute Gasteiger partial charge is 0.310 e. The van der Waals surface area contributed by atoms with Crippen LogP contribution in [0.3, 0.4) is 0 Å². The number of likely N-dealkylation sites (N-methyl/N-ethyl adjacent to an activating group) is 1. The van der Waals surface area contributed by atoms with Gasteiger partial charge in [-0.15, -0.1) is 0 Å². The van der Waals surface area contributed by atoms with Crippen molar-refractivity contribution < 1.29 is 9.59 Å². The van der Waals surface area contributed by atoms with Crippen molar-refractivity contribution in [3.8, 4) is 0 Å². The van der Waals surface area contributed by atoms with Crippen LogP contribution in [0.5, 0.6) is 0 Å². The third-order valence-corrected chi connectivity index (χ3v) is 5.07. The Labute approximate surface area is 98.5 Å². The van der Waals surface area contributed by atoms with Gasteiger partial charge in [-0.2, -0.15) is 0 Å². The summed E-state index contributed by atoms with van der Waals surface area (Å²) in [6.45, 7) is 1.86. The molecule has 1 rings (SSSR count). The molecule has 1 aliphatic heterocycles. The third-order valence-electron chi connectivity index (χ3n) is 2.58. The van der Waals surface area contributed by atoms with Crippen molar-refractivity contribution in [2.75, 3.05) is 18.6 Å². The summed E-state index contributed by atoms with van der Waals surface area (Å²) in [4.78, 5) is 23.4. The minimum atomic E-state index is -0.0880. The molecule has 0 radical (unpaired) electrons. The number of ketones is 2. The van der Waals surface area contributed by atoms with Gasteiger partial charge in [-0.3, -0.25) is 9.59 Å². The minimum Gasteiger partial charge on any atom is -0.310 e. The van der Waals surface area contributed by atoms with E-state index in [1.807, 2.05) is 6.92 Å². The van der Waals surface area contributed by atoms with E-state index in [1.165, 1.54) is 0 Å². The molecule has 0 spiro atoms. The maximum atomic E-state index is 11.8. The zero-order valence-electron chi connectivity index (χ0n) is 9.12. The van der Waals surface area contributed by atoms with Gasteiger partial charge in [0.15, 0.2) is 5.78 Å². The van der Waals surface area contributed by atoms with Crippen molar-refractivity contribution in [3.05, 3.63) is 0 Å². The van der Waals surface area contributed by atoms with E-state index in [4.69, 9.17) is 0 Å². The van der Waals surface area contributed by atoms with E-state index in [9.17, 15) is 9.59 Å². The van der Waals surface area contributed by atoms with Gasteiger partial charge in [0.25, 0.3) is 0 Å². The summed E-state index contributed by atoms with van der Waals surface area (Å²) in [6.07, 6.45) is 0.944. The molecule has 0 aromatic heterocycles. The summed E-state index contributed by atoms with van der Waals surface area (Å²) in [7, 11) is 5.18. The van der Waals surface area contributed by atoms with Crippen molar-refractivity contribution in [2.45, 2.75) is 25.8 Å². The molecule has 1 heterocycles. The van der Waals surface area contributed by atoms with Crippen LogP contribution in [0.15, 0.2) is 0 Å². The number of hydrogen-bond acceptors (Lipinski definition) is 5. The average molecular weight is 247 g/mol. The molecule has 0 aliphatic carbocycles. The maximum Gasteiger partial charge on any atom is 0.151 e. The predicted molar refractivity (Wildman–Crippen MR) is 66.2 cm³/mol. The molecule has 0 saturated carbocycles. The summed E-state index contributed by atoms with van der Waals surface area (Å²) in [5, 5.41) is 3.00. The van der Waals surface area contributed by atoms with Gasteiger partial charge in [0.1, 0.15) is 5.78 Å². The lowest BCUT2D eigenvalue weighted by atomic mass is 9.95. The lowest BCUT2D eigenvalue weighted by Gasteiger charge is -2.21. The fourth-order valence-corrected chi connectivity index (χ4v) is 4.15. The fourth-order valence-electron chi connectivity index (χ4n) is 1.52. The SMILES string of the molecule is CCC(=O)C1CSSCC(NC)C(=O)C1. The average Bonchev–Trinajstić information content (AvgIpc) is 2.23. The van der Waals surface area contributed by atoms with Gasteiger partial charge in [-0.05, 0) is 7.05 Å². The molecule has 3 nitrogen and oxygen atoms in total. The van der Waals surface area contributed by atoms with Crippen molar-refractivity contribution in [1.82, 2.24) is 5.32 Å². The Morgan fingerprint density at radius 3 is 2.73 bits per heavy atom. The van der Waals surface area contributed by atoms with E-state index < -0.39 is 0 Å². The smallest absolute Gasteiger partial charge is 0.151 e. The Balaban J connectivity index is 2.61. The van der Waals surface area contributed by atoms with Crippen molar-refractivity contribution in [1.29, 1.82) is 0 Å². The third kappa shape index (κ3) is 3.81. The van der Waals surface area contributed by atoms with Gasteiger partial charge in [-0.1, -0.05) is 28.5 Å². The summed E-state index contributed by atoms with van der Waals surface area (Å²) >= 11 is 0. The topological polar surface area (TPSA) is 46.2 Å². The molecule has 0 bridgehead atoms. The Morgan fingerprint density at radius 2 is 2.13 bits per heavy atom. The van der Waals surface area contributed by atoms with Gasteiger partial charge < -0.3 is 5.32 Å². The highest BCUT2D eigenvalue weighted by Crippen LogP contribution is 2.30. The van der Waals surface area contributed by atoms with E-state index >= 15 is 0 Å². The monoisotopic (exact) mass is 247 g/mol. The van der Waals surface area contributed by atoms with Gasteiger partial charge in [0, 0.05) is 30.3 Å². The van der Waals surface area contributed by atoms with Crippen LogP contribution in [0.25, 0.3) is 0 Å². The number of rotatable bonds is 3. The quantitative estimate of drug-likeness (QED) is 0.766. The first-order valence-corrected chi connectivity index (χ1v) is 7.65. The predicted octanol–water partition coefficient (Wildman–Crippen LogP) is 1.52. The second-order valence-corrected chi connectivity index (χ2v) is 6.15. The molecule has 5 heteroatoms. The molecular weight excluding hydrogens is 230 g/mol. The Bertz CT molecular complexity index is 246. The van der Waals surface area contributed by atoms with Gasteiger partial charge in [-0.25, -0.2) is 0 Å². The molecule has 2 unspecified atom stereocenters. The van der Waals surface area contributed by atoms with Gasteiger partial charge in [0.2, 0.25) is 0 Å². The van der Waals surface area contributed by atoms with Crippen LogP contribution in [-0.4, -0.2) is 36.2 Å². The van der Waals surface area contributed by atoms with Crippen molar-refractivity contribution >= 4 is 33.2 Å². The van der Waals surface area contributed by atoms with Crippen LogP contribution in [0, 0.1) is 5.92 Å². The van der Waals surface area contributed by atoms with E-state index in [2.05, 4.69) is 5.32 Å². The molecule has 0 aromatic carbocycles. The van der Waals surface area contributed by atoms with Crippen LogP contribution in [0.1, 0.15) is 19.8 Å². The molecule has 1 aliphatic rings. The van der Waals surface area contributed by atoms with Crippen molar-refractivity contribution in [2.24, 2.45) is 5.92 Å². The standard InChI is InChI=1S/C10H17NO2S2/c1-3-9(12)7-4-10(13)8(11-2)6-15-14-5-7/h7-8,11H,3-6H2,1-2H3. The number of Topliss-reactive ketones (excluding diaryl/α,β-unsaturated/α-hetero) is 2. The Hall–Kier alpha value is -0.0000000000000000555. The van der Waals surface area contributed by atoms with Crippen molar-refractivity contribution in [3.63, 3.8) is 0 Å². The zero-order chi connectivity index (χ0) is 11.3. The Morgan fingerprint density at radius 1 is 1.47 bits per heavy atom. The normalized spacial score (nSPS) is 28.3. The van der Waals surface area contributed by atoms with E-state index in [1.54, 1.807) is 28.6 Å². The second kappa shape index (κ2) is 6.55. The first kappa shape index (κ1) is 13.1. The lowest BCUT2D eigenvalue weighted by Crippen LogP contribution is -2.39. The molecule has 0 amide bonds. The highest BCUT2D eigenvalue weighted by atomic mass is 33.1. The number of nitrogens with one attached hydrogen (secondary N) is 1. The van der Waals surface area contributed by atoms with Crippen LogP contribution >= 0.6 is 21.6 Å². The van der Waals surface area contributed by atoms with Crippen LogP contribution < -0.4 is 5.32 Å². The van der Waals surface area contributed by atoms with Crippen LogP contribution in [0.4, 0.5) is 0 Å². The molecule has 1 fully saturated rings. The van der Waals surface area contributed by atoms with E-state index in [0.717, 1.165) is 11.5 Å². The zero-order valence-corrected chi connectivity index (χ0v) is 10.7. The highest BCUT2D eigenvalue weighted by Gasteiger charge is 2.27. The molecule has 86 valence electrons. The summed E-state index contributed by atoms with van der Waals surface area (Å²) < 4.78 is 0. The maximum absolute atomic E-state index is 11.8. The van der Waals surface area contributed by atoms with E-state index in [-0.39, 0.29) is 23.5 Å². The number of carbonyl (C=O) groups is 2. The second-order valence-electron chi connectivity index (χ2n) is 3.60. The molecule has 2 atom stereocenters. The van der Waals surface area contributed by atoms with E-state index in [0.29, 0.717) is 12.8 Å². The highest BCUT2D eigenvalue weighted by molar-refractivity contribution is 8.76. The molecule has 1 N–H and O–H groups in total. The fraction of sp³-hybridized carbons (Fsp3) is 0.800. The van der Waals surface area contributed by atoms with Crippen LogP contribution in [-0.2, 0) is 9.59 Å². The van der Waals surface area contributed by atoms with Crippen LogP contribution in [0.2, 0.25) is 0 Å². The van der Waals surface area contributed by atoms with Gasteiger partial charge >= 0.3 is 0 Å². The molecule has 15 heavy (non-hydrogen) atoms.